The second-order valence-corrected chi connectivity index (χ2v) is 7.88. The fourth-order valence-electron chi connectivity index (χ4n) is 2.27. The Bertz CT molecular complexity index is 738. The fourth-order valence-corrected chi connectivity index (χ4v) is 4.08. The lowest BCUT2D eigenvalue weighted by Crippen LogP contribution is -2.38. The molecule has 0 aliphatic heterocycles. The maximum absolute atomic E-state index is 12.6. The van der Waals surface area contributed by atoms with Crippen LogP contribution in [0.3, 0.4) is 0 Å². The van der Waals surface area contributed by atoms with Gasteiger partial charge in [-0.25, -0.2) is 0 Å². The van der Waals surface area contributed by atoms with Gasteiger partial charge in [-0.15, -0.1) is 0 Å². The number of nitrogens with zero attached hydrogens (tertiary/aromatic N) is 1. The van der Waals surface area contributed by atoms with Gasteiger partial charge in [0.1, 0.15) is 7.05 Å². The smallest absolute Gasteiger partial charge is 0.264 e. The predicted octanol–water partition coefficient (Wildman–Crippen LogP) is 1.15. The van der Waals surface area contributed by atoms with Crippen molar-refractivity contribution in [3.8, 4) is 0 Å². The van der Waals surface area contributed by atoms with Crippen molar-refractivity contribution in [1.29, 1.82) is 0 Å². The van der Waals surface area contributed by atoms with Crippen LogP contribution in [0.25, 0.3) is 0 Å². The molecule has 120 valence electrons. The van der Waals surface area contributed by atoms with Gasteiger partial charge in [0, 0.05) is 6.92 Å². The summed E-state index contributed by atoms with van der Waals surface area (Å²) in [5.41, 5.74) is 1.68. The SMILES string of the molecule is Cc1c(CCCS(=O)(=O)O)sc(C([O-])c2ccccc2)[n+]1C. The number of hydrogen-bond acceptors (Lipinski definition) is 4. The van der Waals surface area contributed by atoms with Crippen molar-refractivity contribution in [2.24, 2.45) is 7.05 Å². The van der Waals surface area contributed by atoms with Crippen molar-refractivity contribution >= 4 is 21.5 Å². The molecule has 2 aromatic rings. The average molecular weight is 341 g/mol. The van der Waals surface area contributed by atoms with Crippen molar-refractivity contribution in [3.63, 3.8) is 0 Å². The quantitative estimate of drug-likeness (QED) is 0.631. The van der Waals surface area contributed by atoms with Crippen molar-refractivity contribution in [1.82, 2.24) is 0 Å². The molecule has 1 N–H and O–H groups in total. The molecule has 0 saturated heterocycles. The van der Waals surface area contributed by atoms with E-state index in [0.29, 0.717) is 23.4 Å². The Kier molecular flexibility index (Phi) is 5.33. The van der Waals surface area contributed by atoms with Crippen molar-refractivity contribution in [3.05, 3.63) is 51.5 Å². The van der Waals surface area contributed by atoms with Crippen LogP contribution < -0.4 is 9.67 Å². The van der Waals surface area contributed by atoms with Crippen LogP contribution >= 0.6 is 11.3 Å². The second kappa shape index (κ2) is 6.87. The molecule has 7 heteroatoms. The summed E-state index contributed by atoms with van der Waals surface area (Å²) in [6.45, 7) is 1.92. The van der Waals surface area contributed by atoms with Gasteiger partial charge < -0.3 is 5.11 Å². The van der Waals surface area contributed by atoms with Gasteiger partial charge in [-0.2, -0.15) is 13.0 Å². The van der Waals surface area contributed by atoms with Crippen LogP contribution in [-0.4, -0.2) is 18.7 Å². The summed E-state index contributed by atoms with van der Waals surface area (Å²) < 4.78 is 32.2. The largest absolute Gasteiger partial charge is 0.840 e. The zero-order chi connectivity index (χ0) is 16.3. The van der Waals surface area contributed by atoms with Gasteiger partial charge in [-0.1, -0.05) is 47.2 Å². The Labute approximate surface area is 134 Å². The topological polar surface area (TPSA) is 81.3 Å². The average Bonchev–Trinajstić information content (AvgIpc) is 2.75. The Morgan fingerprint density at radius 3 is 2.55 bits per heavy atom. The Balaban J connectivity index is 2.19. The summed E-state index contributed by atoms with van der Waals surface area (Å²) in [5, 5.41) is 13.3. The lowest BCUT2D eigenvalue weighted by molar-refractivity contribution is -0.692. The monoisotopic (exact) mass is 341 g/mol. The first-order valence-electron chi connectivity index (χ1n) is 6.93. The van der Waals surface area contributed by atoms with Crippen molar-refractivity contribution < 1.29 is 22.6 Å². The van der Waals surface area contributed by atoms with E-state index in [1.807, 2.05) is 48.9 Å². The molecule has 0 radical (unpaired) electrons. The Hall–Kier alpha value is -1.28. The van der Waals surface area contributed by atoms with E-state index < -0.39 is 16.2 Å². The number of benzene rings is 1. The second-order valence-electron chi connectivity index (χ2n) is 5.19. The van der Waals surface area contributed by atoms with Gasteiger partial charge in [0.2, 0.25) is 5.01 Å². The molecule has 0 saturated carbocycles. The van der Waals surface area contributed by atoms with Crippen molar-refractivity contribution in [2.75, 3.05) is 5.75 Å². The minimum atomic E-state index is -3.93. The fraction of sp³-hybridized carbons (Fsp3) is 0.400. The van der Waals surface area contributed by atoms with Gasteiger partial charge in [0.15, 0.2) is 5.69 Å². The van der Waals surface area contributed by atoms with Crippen LogP contribution in [0.2, 0.25) is 0 Å². The normalized spacial score (nSPS) is 13.3. The Morgan fingerprint density at radius 1 is 1.32 bits per heavy atom. The van der Waals surface area contributed by atoms with E-state index in [9.17, 15) is 13.5 Å². The zero-order valence-corrected chi connectivity index (χ0v) is 14.2. The Morgan fingerprint density at radius 2 is 1.95 bits per heavy atom. The molecule has 0 fully saturated rings. The number of aromatic nitrogens is 1. The summed E-state index contributed by atoms with van der Waals surface area (Å²) in [5.74, 6) is -0.261. The number of rotatable bonds is 6. The third kappa shape index (κ3) is 4.13. The molecule has 0 aliphatic rings. The standard InChI is InChI=1S/C15H19NO4S2/c1-11-13(9-6-10-22(18,19)20)21-15(16(11)2)14(17)12-7-4-3-5-8-12/h3-5,7-8,14H,6,9-10H2,1-2H3,(H,18,19,20). The molecule has 2 rings (SSSR count). The van der Waals surface area contributed by atoms with E-state index in [2.05, 4.69) is 0 Å². The predicted molar refractivity (Wildman–Crippen MR) is 83.3 cm³/mol. The first-order chi connectivity index (χ1) is 10.3. The molecule has 5 nitrogen and oxygen atoms in total. The molecular weight excluding hydrogens is 322 g/mol. The summed E-state index contributed by atoms with van der Waals surface area (Å²) >= 11 is 1.41. The van der Waals surface area contributed by atoms with Crippen LogP contribution in [0, 0.1) is 6.92 Å². The lowest BCUT2D eigenvalue weighted by Gasteiger charge is -2.17. The molecular formula is C15H19NO4S2. The van der Waals surface area contributed by atoms with E-state index >= 15 is 0 Å². The molecule has 22 heavy (non-hydrogen) atoms. The van der Waals surface area contributed by atoms with Gasteiger partial charge in [-0.05, 0) is 18.9 Å². The highest BCUT2D eigenvalue weighted by molar-refractivity contribution is 7.85. The highest BCUT2D eigenvalue weighted by Crippen LogP contribution is 2.25. The van der Waals surface area contributed by atoms with Gasteiger partial charge in [0.05, 0.1) is 10.6 Å². The van der Waals surface area contributed by atoms with E-state index in [4.69, 9.17) is 4.55 Å². The highest BCUT2D eigenvalue weighted by Gasteiger charge is 2.22. The molecule has 1 unspecified atom stereocenters. The molecule has 1 atom stereocenters. The lowest BCUT2D eigenvalue weighted by atomic mass is 10.1. The van der Waals surface area contributed by atoms with Gasteiger partial charge in [-0.3, -0.25) is 4.55 Å². The summed E-state index contributed by atoms with van der Waals surface area (Å²) in [6.07, 6.45) is -0.0784. The van der Waals surface area contributed by atoms with Gasteiger partial charge >= 0.3 is 0 Å². The molecule has 0 bridgehead atoms. The van der Waals surface area contributed by atoms with Crippen LogP contribution in [0.1, 0.15) is 33.7 Å². The third-order valence-corrected chi connectivity index (χ3v) is 5.85. The van der Waals surface area contributed by atoms with E-state index in [1.54, 1.807) is 0 Å². The number of hydrogen-bond donors (Lipinski definition) is 1. The molecule has 1 aromatic carbocycles. The summed E-state index contributed by atoms with van der Waals surface area (Å²) in [7, 11) is -2.09. The van der Waals surface area contributed by atoms with E-state index in [0.717, 1.165) is 10.6 Å². The maximum atomic E-state index is 12.6. The third-order valence-electron chi connectivity index (χ3n) is 3.60. The van der Waals surface area contributed by atoms with Crippen LogP contribution in [-0.2, 0) is 23.6 Å². The van der Waals surface area contributed by atoms with Crippen LogP contribution in [0.4, 0.5) is 0 Å². The first-order valence-corrected chi connectivity index (χ1v) is 9.36. The maximum Gasteiger partial charge on any atom is 0.264 e. The molecule has 1 aromatic heterocycles. The molecule has 1 heterocycles. The number of thiazole rings is 1. The first kappa shape index (κ1) is 17.1. The summed E-state index contributed by atoms with van der Waals surface area (Å²) in [4.78, 5) is 0.984. The molecule has 0 amide bonds. The van der Waals surface area contributed by atoms with Crippen LogP contribution in [0.5, 0.6) is 0 Å². The molecule has 0 spiro atoms. The molecule has 0 aliphatic carbocycles. The highest BCUT2D eigenvalue weighted by atomic mass is 32.2. The van der Waals surface area contributed by atoms with E-state index in [-0.39, 0.29) is 5.75 Å². The van der Waals surface area contributed by atoms with E-state index in [1.165, 1.54) is 11.3 Å². The minimum Gasteiger partial charge on any atom is -0.840 e. The zero-order valence-electron chi connectivity index (χ0n) is 12.5. The van der Waals surface area contributed by atoms with Gasteiger partial charge in [0.25, 0.3) is 10.1 Å². The van der Waals surface area contributed by atoms with Crippen LogP contribution in [0.15, 0.2) is 30.3 Å². The number of aryl methyl sites for hydroxylation is 1. The van der Waals surface area contributed by atoms with Crippen molar-refractivity contribution in [2.45, 2.75) is 25.9 Å². The minimum absolute atomic E-state index is 0.261. The summed E-state index contributed by atoms with van der Waals surface area (Å²) in [6, 6.07) is 9.17.